The Morgan fingerprint density at radius 2 is 1.79 bits per heavy atom. The number of rotatable bonds is 4. The number of carbonyl (C=O) groups is 1. The Hall–Kier alpha value is -3.03. The standard InChI is InChI=1S/C21H25N7O/c29-21(23-15-5-1-2-6-15)19-14-28(26-25-19)16-9-11-27(12-10-16)20-13-22-17-7-3-4-8-18(17)24-20/h3-4,7-8,13-16H,1-2,5-6,9-12H2,(H,23,29). The van der Waals surface area contributed by atoms with Crippen LogP contribution < -0.4 is 10.2 Å². The zero-order valence-corrected chi connectivity index (χ0v) is 16.4. The number of aromatic nitrogens is 5. The van der Waals surface area contributed by atoms with Crippen molar-refractivity contribution in [2.24, 2.45) is 0 Å². The first-order valence-electron chi connectivity index (χ1n) is 10.5. The van der Waals surface area contributed by atoms with E-state index in [2.05, 4.69) is 25.5 Å². The summed E-state index contributed by atoms with van der Waals surface area (Å²) in [7, 11) is 0. The van der Waals surface area contributed by atoms with Gasteiger partial charge in [0, 0.05) is 19.1 Å². The van der Waals surface area contributed by atoms with Crippen LogP contribution in [-0.4, -0.2) is 50.0 Å². The minimum Gasteiger partial charge on any atom is -0.355 e. The summed E-state index contributed by atoms with van der Waals surface area (Å²) in [6.45, 7) is 1.75. The number of nitrogens with zero attached hydrogens (tertiary/aromatic N) is 6. The maximum Gasteiger partial charge on any atom is 0.273 e. The minimum absolute atomic E-state index is 0.105. The smallest absolute Gasteiger partial charge is 0.273 e. The van der Waals surface area contributed by atoms with Crippen molar-refractivity contribution in [2.75, 3.05) is 18.0 Å². The molecular formula is C21H25N7O. The van der Waals surface area contributed by atoms with Gasteiger partial charge in [0.2, 0.25) is 0 Å². The van der Waals surface area contributed by atoms with Crippen molar-refractivity contribution in [3.05, 3.63) is 42.4 Å². The summed E-state index contributed by atoms with van der Waals surface area (Å²) in [6.07, 6.45) is 10.0. The van der Waals surface area contributed by atoms with Crippen LogP contribution in [-0.2, 0) is 0 Å². The molecule has 1 aromatic carbocycles. The lowest BCUT2D eigenvalue weighted by atomic mass is 10.1. The Morgan fingerprint density at radius 1 is 1.03 bits per heavy atom. The van der Waals surface area contributed by atoms with E-state index in [4.69, 9.17) is 4.98 Å². The molecule has 1 saturated heterocycles. The lowest BCUT2D eigenvalue weighted by Gasteiger charge is -2.32. The number of carbonyl (C=O) groups excluding carboxylic acids is 1. The number of hydrogen-bond donors (Lipinski definition) is 1. The minimum atomic E-state index is -0.105. The topological polar surface area (TPSA) is 88.8 Å². The number of anilines is 1. The predicted molar refractivity (Wildman–Crippen MR) is 110 cm³/mol. The molecule has 3 heterocycles. The summed E-state index contributed by atoms with van der Waals surface area (Å²) in [5.41, 5.74) is 2.25. The number of hydrogen-bond acceptors (Lipinski definition) is 6. The van der Waals surface area contributed by atoms with E-state index in [1.54, 1.807) is 6.20 Å². The number of benzene rings is 1. The molecule has 8 heteroatoms. The molecule has 0 radical (unpaired) electrons. The highest BCUT2D eigenvalue weighted by molar-refractivity contribution is 5.92. The van der Waals surface area contributed by atoms with E-state index < -0.39 is 0 Å². The molecule has 2 aromatic heterocycles. The number of nitrogens with one attached hydrogen (secondary N) is 1. The fourth-order valence-corrected chi connectivity index (χ4v) is 4.35. The molecule has 0 spiro atoms. The lowest BCUT2D eigenvalue weighted by Crippen LogP contribution is -2.35. The summed E-state index contributed by atoms with van der Waals surface area (Å²) < 4.78 is 1.85. The van der Waals surface area contributed by atoms with Gasteiger partial charge in [0.1, 0.15) is 5.82 Å². The Bertz CT molecular complexity index is 1000. The Labute approximate surface area is 169 Å². The summed E-state index contributed by atoms with van der Waals surface area (Å²) in [6, 6.07) is 8.47. The zero-order chi connectivity index (χ0) is 19.6. The van der Waals surface area contributed by atoms with Crippen LogP contribution in [0.4, 0.5) is 5.82 Å². The maximum atomic E-state index is 12.4. The summed E-state index contributed by atoms with van der Waals surface area (Å²) in [5.74, 6) is 0.810. The molecule has 29 heavy (non-hydrogen) atoms. The fraction of sp³-hybridized carbons (Fsp3) is 0.476. The van der Waals surface area contributed by atoms with Gasteiger partial charge in [-0.25, -0.2) is 9.67 Å². The second-order valence-electron chi connectivity index (χ2n) is 7.97. The number of amides is 1. The number of para-hydroxylation sites is 2. The van der Waals surface area contributed by atoms with Crippen molar-refractivity contribution in [3.63, 3.8) is 0 Å². The van der Waals surface area contributed by atoms with E-state index >= 15 is 0 Å². The first-order valence-corrected chi connectivity index (χ1v) is 10.5. The van der Waals surface area contributed by atoms with Crippen LogP contribution in [0.3, 0.4) is 0 Å². The lowest BCUT2D eigenvalue weighted by molar-refractivity contribution is 0.0932. The average Bonchev–Trinajstić information content (AvgIpc) is 3.46. The molecule has 0 unspecified atom stereocenters. The van der Waals surface area contributed by atoms with E-state index in [9.17, 15) is 4.79 Å². The molecule has 2 fully saturated rings. The van der Waals surface area contributed by atoms with Gasteiger partial charge in [-0.1, -0.05) is 30.2 Å². The molecule has 1 N–H and O–H groups in total. The van der Waals surface area contributed by atoms with E-state index in [-0.39, 0.29) is 11.9 Å². The van der Waals surface area contributed by atoms with Crippen molar-refractivity contribution < 1.29 is 4.79 Å². The second-order valence-corrected chi connectivity index (χ2v) is 7.97. The molecule has 1 amide bonds. The van der Waals surface area contributed by atoms with Crippen LogP contribution in [0.2, 0.25) is 0 Å². The van der Waals surface area contributed by atoms with Crippen LogP contribution >= 0.6 is 0 Å². The van der Waals surface area contributed by atoms with E-state index in [1.807, 2.05) is 35.1 Å². The average molecular weight is 391 g/mol. The fourth-order valence-electron chi connectivity index (χ4n) is 4.35. The maximum absolute atomic E-state index is 12.4. The van der Waals surface area contributed by atoms with Crippen molar-refractivity contribution in [3.8, 4) is 0 Å². The second kappa shape index (κ2) is 7.77. The highest BCUT2D eigenvalue weighted by atomic mass is 16.2. The Kier molecular flexibility index (Phi) is 4.83. The van der Waals surface area contributed by atoms with Crippen molar-refractivity contribution in [2.45, 2.75) is 50.6 Å². The molecule has 1 saturated carbocycles. The SMILES string of the molecule is O=C(NC1CCCC1)c1cn(C2CCN(c3cnc4ccccc4n3)CC2)nn1. The summed E-state index contributed by atoms with van der Waals surface area (Å²) in [4.78, 5) is 23.9. The number of fused-ring (bicyclic) bond motifs is 1. The third kappa shape index (κ3) is 3.79. The number of piperidine rings is 1. The van der Waals surface area contributed by atoms with Gasteiger partial charge in [-0.3, -0.25) is 9.78 Å². The first kappa shape index (κ1) is 18.0. The Morgan fingerprint density at radius 3 is 2.59 bits per heavy atom. The normalized spacial score (nSPS) is 18.4. The van der Waals surface area contributed by atoms with Crippen LogP contribution in [0.15, 0.2) is 36.7 Å². The van der Waals surface area contributed by atoms with Gasteiger partial charge in [-0.2, -0.15) is 0 Å². The van der Waals surface area contributed by atoms with Gasteiger partial charge in [-0.15, -0.1) is 5.10 Å². The zero-order valence-electron chi connectivity index (χ0n) is 16.4. The van der Waals surface area contributed by atoms with Crippen LogP contribution in [0.5, 0.6) is 0 Å². The molecule has 0 bridgehead atoms. The molecule has 1 aliphatic carbocycles. The van der Waals surface area contributed by atoms with Crippen LogP contribution in [0.25, 0.3) is 11.0 Å². The molecular weight excluding hydrogens is 366 g/mol. The quantitative estimate of drug-likeness (QED) is 0.736. The monoisotopic (exact) mass is 391 g/mol. The van der Waals surface area contributed by atoms with Gasteiger partial charge < -0.3 is 10.2 Å². The largest absolute Gasteiger partial charge is 0.355 e. The van der Waals surface area contributed by atoms with Crippen molar-refractivity contribution in [1.29, 1.82) is 0 Å². The van der Waals surface area contributed by atoms with E-state index in [0.717, 1.165) is 55.6 Å². The summed E-state index contributed by atoms with van der Waals surface area (Å²) >= 11 is 0. The highest BCUT2D eigenvalue weighted by Gasteiger charge is 2.25. The van der Waals surface area contributed by atoms with Crippen molar-refractivity contribution >= 4 is 22.8 Å². The van der Waals surface area contributed by atoms with Gasteiger partial charge in [0.05, 0.1) is 29.5 Å². The van der Waals surface area contributed by atoms with Gasteiger partial charge in [-0.05, 0) is 37.8 Å². The van der Waals surface area contributed by atoms with Crippen molar-refractivity contribution in [1.82, 2.24) is 30.3 Å². The Balaban J connectivity index is 1.21. The predicted octanol–water partition coefficient (Wildman–Crippen LogP) is 2.74. The van der Waals surface area contributed by atoms with Crippen LogP contribution in [0.1, 0.15) is 55.1 Å². The molecule has 0 atom stereocenters. The first-order chi connectivity index (χ1) is 14.3. The van der Waals surface area contributed by atoms with E-state index in [1.165, 1.54) is 12.8 Å². The third-order valence-electron chi connectivity index (χ3n) is 6.03. The molecule has 1 aliphatic heterocycles. The molecule has 8 nitrogen and oxygen atoms in total. The van der Waals surface area contributed by atoms with Crippen LogP contribution in [0, 0.1) is 0 Å². The van der Waals surface area contributed by atoms with E-state index in [0.29, 0.717) is 11.7 Å². The molecule has 5 rings (SSSR count). The highest BCUT2D eigenvalue weighted by Crippen LogP contribution is 2.26. The molecule has 2 aliphatic rings. The molecule has 150 valence electrons. The van der Waals surface area contributed by atoms with Gasteiger partial charge in [0.25, 0.3) is 5.91 Å². The van der Waals surface area contributed by atoms with Gasteiger partial charge in [0.15, 0.2) is 5.69 Å². The third-order valence-corrected chi connectivity index (χ3v) is 6.03. The summed E-state index contributed by atoms with van der Waals surface area (Å²) in [5, 5.41) is 11.4. The van der Waals surface area contributed by atoms with Gasteiger partial charge >= 0.3 is 0 Å². The molecule has 3 aromatic rings.